The van der Waals surface area contributed by atoms with E-state index in [4.69, 9.17) is 25.8 Å². The number of rotatable bonds is 6. The van der Waals surface area contributed by atoms with Gasteiger partial charge in [-0.2, -0.15) is 10.2 Å². The van der Waals surface area contributed by atoms with Crippen LogP contribution >= 0.6 is 0 Å². The van der Waals surface area contributed by atoms with Crippen molar-refractivity contribution in [2.75, 3.05) is 12.4 Å². The maximum absolute atomic E-state index is 6.24. The molecule has 0 unspecified atom stereocenters. The van der Waals surface area contributed by atoms with E-state index in [1.165, 1.54) is 44.9 Å². The number of hydrogen-bond donors (Lipinski definition) is 1. The molecule has 1 aromatic carbocycles. The standard InChI is InChI=1S/C26H32B2N6/c1-17-15-18(5-6-21(17)32-29-3)20-9-14-34-23(20)22(16-25(2,27)28)31-24(33-34)30-19-7-12-26(13-8-19)10-4-11-26/h5-6,9,14-15,19H,4,7-8,10-13,16H2,1-3H3,(H,30,33). The molecule has 5 rings (SSSR count). The molecule has 2 heterocycles. The Morgan fingerprint density at radius 2 is 1.94 bits per heavy atom. The minimum Gasteiger partial charge on any atom is -0.350 e. The number of nitrogens with one attached hydrogen (secondary N) is 1. The van der Waals surface area contributed by atoms with E-state index >= 15 is 0 Å². The van der Waals surface area contributed by atoms with Gasteiger partial charge in [-0.05, 0) is 86.6 Å². The number of anilines is 1. The molecule has 0 atom stereocenters. The SMILES string of the molecule is [B]C([B])(C)Cc1nc(NC2CCC3(CCC3)CC2)nn2ccc(-c3ccc(N=NC)c(C)c3)c12. The van der Waals surface area contributed by atoms with E-state index in [1.54, 1.807) is 7.05 Å². The van der Waals surface area contributed by atoms with Gasteiger partial charge in [0.25, 0.3) is 0 Å². The molecule has 4 radical (unpaired) electrons. The second kappa shape index (κ2) is 8.86. The Bertz CT molecular complexity index is 1210. The van der Waals surface area contributed by atoms with Crippen LogP contribution in [0.2, 0.25) is 5.21 Å². The normalized spacial score (nSPS) is 18.6. The van der Waals surface area contributed by atoms with Gasteiger partial charge in [-0.3, -0.25) is 0 Å². The van der Waals surface area contributed by atoms with Crippen molar-refractivity contribution in [2.24, 2.45) is 15.6 Å². The second-order valence-electron chi connectivity index (χ2n) is 10.7. The molecule has 0 amide bonds. The summed E-state index contributed by atoms with van der Waals surface area (Å²) >= 11 is 0. The van der Waals surface area contributed by atoms with E-state index < -0.39 is 5.21 Å². The maximum Gasteiger partial charge on any atom is 0.241 e. The summed E-state index contributed by atoms with van der Waals surface area (Å²) in [6.07, 6.45) is 11.6. The lowest BCUT2D eigenvalue weighted by atomic mass is 9.54. The maximum atomic E-state index is 6.24. The molecule has 6 nitrogen and oxygen atoms in total. The second-order valence-corrected chi connectivity index (χ2v) is 10.7. The molecule has 2 aromatic heterocycles. The van der Waals surface area contributed by atoms with Crippen molar-refractivity contribution in [2.45, 2.75) is 76.5 Å². The van der Waals surface area contributed by atoms with Gasteiger partial charge in [0.2, 0.25) is 5.95 Å². The first-order valence-corrected chi connectivity index (χ1v) is 12.4. The van der Waals surface area contributed by atoms with Gasteiger partial charge in [0.1, 0.15) is 0 Å². The van der Waals surface area contributed by atoms with Gasteiger partial charge < -0.3 is 5.32 Å². The molecular formula is C26H32B2N6. The lowest BCUT2D eigenvalue weighted by Gasteiger charge is -2.47. The third-order valence-electron chi connectivity index (χ3n) is 7.64. The first-order valence-electron chi connectivity index (χ1n) is 12.4. The molecule has 3 aromatic rings. The van der Waals surface area contributed by atoms with Crippen LogP contribution in [0.1, 0.15) is 63.1 Å². The zero-order valence-electron chi connectivity index (χ0n) is 20.5. The van der Waals surface area contributed by atoms with Crippen molar-refractivity contribution >= 4 is 32.8 Å². The van der Waals surface area contributed by atoms with Crippen LogP contribution in [-0.4, -0.2) is 43.4 Å². The van der Waals surface area contributed by atoms with Crippen LogP contribution in [0.15, 0.2) is 40.7 Å². The highest BCUT2D eigenvalue weighted by molar-refractivity contribution is 6.39. The highest BCUT2D eigenvalue weighted by Gasteiger charge is 2.40. The van der Waals surface area contributed by atoms with E-state index in [9.17, 15) is 0 Å². The van der Waals surface area contributed by atoms with Crippen molar-refractivity contribution in [3.8, 4) is 11.1 Å². The third kappa shape index (κ3) is 4.64. The number of fused-ring (bicyclic) bond motifs is 1. The number of nitrogens with zero attached hydrogens (tertiary/aromatic N) is 5. The summed E-state index contributed by atoms with van der Waals surface area (Å²) in [7, 11) is 14.2. The van der Waals surface area contributed by atoms with Crippen molar-refractivity contribution < 1.29 is 0 Å². The molecule has 0 aliphatic heterocycles. The van der Waals surface area contributed by atoms with Gasteiger partial charge in [0.05, 0.1) is 32.6 Å². The fraction of sp³-hybridized carbons (Fsp3) is 0.538. The summed E-state index contributed by atoms with van der Waals surface area (Å²) < 4.78 is 1.91. The molecule has 34 heavy (non-hydrogen) atoms. The molecule has 1 spiro atoms. The van der Waals surface area contributed by atoms with Gasteiger partial charge in [-0.1, -0.05) is 24.6 Å². The van der Waals surface area contributed by atoms with E-state index in [2.05, 4.69) is 33.7 Å². The van der Waals surface area contributed by atoms with Crippen molar-refractivity contribution in [3.63, 3.8) is 0 Å². The minimum absolute atomic E-state index is 0.414. The molecule has 2 aliphatic carbocycles. The summed E-state index contributed by atoms with van der Waals surface area (Å²) in [5, 5.41) is 15.7. The Hall–Kier alpha value is -2.63. The molecule has 0 bridgehead atoms. The molecule has 2 aliphatic rings. The first-order chi connectivity index (χ1) is 16.3. The topological polar surface area (TPSA) is 66.9 Å². The fourth-order valence-electron chi connectivity index (χ4n) is 5.65. The molecule has 172 valence electrons. The highest BCUT2D eigenvalue weighted by atomic mass is 15.3. The van der Waals surface area contributed by atoms with Crippen LogP contribution < -0.4 is 5.32 Å². The number of aryl methyl sites for hydroxylation is 1. The van der Waals surface area contributed by atoms with Gasteiger partial charge >= 0.3 is 0 Å². The van der Waals surface area contributed by atoms with Gasteiger partial charge in [0.15, 0.2) is 0 Å². The lowest BCUT2D eigenvalue weighted by molar-refractivity contribution is 0.0729. The summed E-state index contributed by atoms with van der Waals surface area (Å²) in [4.78, 5) is 4.94. The zero-order chi connectivity index (χ0) is 23.9. The minimum atomic E-state index is -0.879. The predicted molar refractivity (Wildman–Crippen MR) is 139 cm³/mol. The number of benzene rings is 1. The third-order valence-corrected chi connectivity index (χ3v) is 7.64. The van der Waals surface area contributed by atoms with E-state index in [1.807, 2.05) is 30.6 Å². The Balaban J connectivity index is 1.48. The van der Waals surface area contributed by atoms with E-state index in [0.29, 0.717) is 23.8 Å². The van der Waals surface area contributed by atoms with Crippen LogP contribution in [0, 0.1) is 12.3 Å². The smallest absolute Gasteiger partial charge is 0.241 e. The zero-order valence-corrected chi connectivity index (χ0v) is 20.5. The summed E-state index contributed by atoms with van der Waals surface area (Å²) in [6.45, 7) is 3.87. The molecule has 8 heteroatoms. The van der Waals surface area contributed by atoms with Crippen LogP contribution in [-0.2, 0) is 6.42 Å². The number of aromatic nitrogens is 3. The predicted octanol–water partition coefficient (Wildman–Crippen LogP) is 5.96. The number of hydrogen-bond acceptors (Lipinski definition) is 5. The molecule has 2 saturated carbocycles. The van der Waals surface area contributed by atoms with Gasteiger partial charge in [-0.15, -0.1) is 5.10 Å². The molecular weight excluding hydrogens is 418 g/mol. The van der Waals surface area contributed by atoms with Crippen LogP contribution in [0.3, 0.4) is 0 Å². The molecule has 1 N–H and O–H groups in total. The Labute approximate surface area is 204 Å². The summed E-state index contributed by atoms with van der Waals surface area (Å²) in [5.74, 6) is 0.651. The largest absolute Gasteiger partial charge is 0.350 e. The Morgan fingerprint density at radius 1 is 1.18 bits per heavy atom. The van der Waals surface area contributed by atoms with Gasteiger partial charge in [-0.25, -0.2) is 9.50 Å². The van der Waals surface area contributed by atoms with E-state index in [0.717, 1.165) is 33.6 Å². The average Bonchev–Trinajstić information content (AvgIpc) is 3.18. The highest BCUT2D eigenvalue weighted by Crippen LogP contribution is 2.51. The van der Waals surface area contributed by atoms with Crippen LogP contribution in [0.4, 0.5) is 11.6 Å². The van der Waals surface area contributed by atoms with E-state index in [-0.39, 0.29) is 0 Å². The number of azo groups is 1. The summed E-state index contributed by atoms with van der Waals surface area (Å²) in [5.41, 5.74) is 6.49. The van der Waals surface area contributed by atoms with Crippen molar-refractivity contribution in [1.29, 1.82) is 0 Å². The fourth-order valence-corrected chi connectivity index (χ4v) is 5.65. The molecule has 2 fully saturated rings. The van der Waals surface area contributed by atoms with Gasteiger partial charge in [0, 0.05) is 24.8 Å². The first kappa shape index (κ1) is 23.1. The Morgan fingerprint density at radius 3 is 2.56 bits per heavy atom. The average molecular weight is 450 g/mol. The lowest BCUT2D eigenvalue weighted by Crippen LogP contribution is -2.38. The van der Waals surface area contributed by atoms with Crippen LogP contribution in [0.5, 0.6) is 0 Å². The van der Waals surface area contributed by atoms with Crippen molar-refractivity contribution in [3.05, 3.63) is 41.7 Å². The van der Waals surface area contributed by atoms with Crippen molar-refractivity contribution in [1.82, 2.24) is 14.6 Å². The molecule has 0 saturated heterocycles. The Kier molecular flexibility index (Phi) is 6.03. The summed E-state index contributed by atoms with van der Waals surface area (Å²) in [6, 6.07) is 8.67. The quantitative estimate of drug-likeness (QED) is 0.373. The van der Waals surface area contributed by atoms with Crippen LogP contribution in [0.25, 0.3) is 16.6 Å². The monoisotopic (exact) mass is 450 g/mol.